The lowest BCUT2D eigenvalue weighted by Gasteiger charge is -2.00. The van der Waals surface area contributed by atoms with Gasteiger partial charge in [-0.25, -0.2) is 9.48 Å². The lowest BCUT2D eigenvalue weighted by atomic mass is 10.1. The number of nitrogens with zero attached hydrogens (tertiary/aromatic N) is 3. The summed E-state index contributed by atoms with van der Waals surface area (Å²) in [5.41, 5.74) is 0.411. The first kappa shape index (κ1) is 15.3. The van der Waals surface area contributed by atoms with Gasteiger partial charge in [-0.05, 0) is 24.6 Å². The fraction of sp³-hybridized carbons (Fsp3) is 0.308. The molecule has 2 rings (SSSR count). The number of ether oxygens (including phenoxy) is 1. The molecular formula is C13H15BrN4O3. The van der Waals surface area contributed by atoms with Crippen LogP contribution >= 0.6 is 15.9 Å². The summed E-state index contributed by atoms with van der Waals surface area (Å²) in [6.07, 6.45) is 0.398. The van der Waals surface area contributed by atoms with E-state index in [4.69, 9.17) is 10.6 Å². The minimum atomic E-state index is -0.546. The summed E-state index contributed by atoms with van der Waals surface area (Å²) < 4.78 is 7.70. The molecule has 0 unspecified atom stereocenters. The Labute approximate surface area is 129 Å². The average molecular weight is 355 g/mol. The fourth-order valence-corrected chi connectivity index (χ4v) is 2.07. The van der Waals surface area contributed by atoms with Gasteiger partial charge in [-0.2, -0.15) is 9.77 Å². The normalized spacial score (nSPS) is 10.6. The van der Waals surface area contributed by atoms with E-state index in [9.17, 15) is 9.59 Å². The molecule has 2 aromatic rings. The van der Waals surface area contributed by atoms with Gasteiger partial charge < -0.3 is 10.6 Å². The second-order valence-corrected chi connectivity index (χ2v) is 5.25. The van der Waals surface area contributed by atoms with E-state index < -0.39 is 11.7 Å². The lowest BCUT2D eigenvalue weighted by molar-refractivity contribution is -0.144. The Morgan fingerprint density at radius 2 is 2.05 bits per heavy atom. The molecule has 7 nitrogen and oxygen atoms in total. The third-order valence-electron chi connectivity index (χ3n) is 2.80. The van der Waals surface area contributed by atoms with Crippen molar-refractivity contribution in [2.45, 2.75) is 19.9 Å². The number of hydrogen-bond acceptors (Lipinski definition) is 5. The minimum Gasteiger partial charge on any atom is -0.465 e. The quantitative estimate of drug-likeness (QED) is 0.629. The maximum atomic E-state index is 11.9. The van der Waals surface area contributed by atoms with Crippen LogP contribution in [-0.4, -0.2) is 27.0 Å². The number of carbonyl (C=O) groups excluding carboxylic acids is 1. The van der Waals surface area contributed by atoms with Crippen LogP contribution < -0.4 is 11.5 Å². The predicted octanol–water partition coefficient (Wildman–Crippen LogP) is 0.675. The smallest absolute Gasteiger partial charge is 0.365 e. The van der Waals surface area contributed by atoms with Crippen molar-refractivity contribution in [1.29, 1.82) is 0 Å². The van der Waals surface area contributed by atoms with Gasteiger partial charge in [0, 0.05) is 10.9 Å². The second kappa shape index (κ2) is 6.57. The zero-order chi connectivity index (χ0) is 15.4. The summed E-state index contributed by atoms with van der Waals surface area (Å²) in [5.74, 6) is 5.55. The van der Waals surface area contributed by atoms with E-state index in [-0.39, 0.29) is 13.2 Å². The largest absolute Gasteiger partial charge is 0.465 e. The highest BCUT2D eigenvalue weighted by atomic mass is 79.9. The summed E-state index contributed by atoms with van der Waals surface area (Å²) in [7, 11) is 0. The lowest BCUT2D eigenvalue weighted by Crippen LogP contribution is -2.32. The van der Waals surface area contributed by atoms with Crippen LogP contribution in [0.1, 0.15) is 18.3 Å². The van der Waals surface area contributed by atoms with Gasteiger partial charge in [-0.3, -0.25) is 4.79 Å². The Morgan fingerprint density at radius 1 is 1.38 bits per heavy atom. The van der Waals surface area contributed by atoms with E-state index in [1.54, 1.807) is 6.92 Å². The summed E-state index contributed by atoms with van der Waals surface area (Å²) in [5, 5.41) is 4.08. The molecule has 1 aromatic heterocycles. The number of halogens is 1. The molecule has 2 N–H and O–H groups in total. The highest BCUT2D eigenvalue weighted by Crippen LogP contribution is 2.12. The molecule has 21 heavy (non-hydrogen) atoms. The van der Waals surface area contributed by atoms with E-state index in [0.717, 1.165) is 19.4 Å². The van der Waals surface area contributed by atoms with Gasteiger partial charge >= 0.3 is 11.7 Å². The molecule has 0 radical (unpaired) electrons. The second-order valence-electron chi connectivity index (χ2n) is 4.33. The first-order valence-electron chi connectivity index (χ1n) is 6.35. The molecule has 0 saturated carbocycles. The molecule has 0 aliphatic heterocycles. The first-order chi connectivity index (χ1) is 10.0. The molecule has 1 heterocycles. The Balaban J connectivity index is 2.19. The van der Waals surface area contributed by atoms with Gasteiger partial charge in [0.1, 0.15) is 6.54 Å². The molecule has 0 bridgehead atoms. The third-order valence-corrected chi connectivity index (χ3v) is 3.33. The molecule has 0 saturated heterocycles. The number of carbonyl (C=O) groups is 1. The Hall–Kier alpha value is -2.09. The molecule has 0 atom stereocenters. The van der Waals surface area contributed by atoms with Crippen LogP contribution in [0, 0.1) is 0 Å². The van der Waals surface area contributed by atoms with Crippen molar-refractivity contribution in [3.8, 4) is 0 Å². The van der Waals surface area contributed by atoms with Crippen LogP contribution in [0.3, 0.4) is 0 Å². The summed E-state index contributed by atoms with van der Waals surface area (Å²) >= 11 is 3.35. The summed E-state index contributed by atoms with van der Waals surface area (Å²) in [4.78, 5) is 23.3. The van der Waals surface area contributed by atoms with Crippen LogP contribution in [0.2, 0.25) is 0 Å². The highest BCUT2D eigenvalue weighted by molar-refractivity contribution is 9.10. The first-order valence-corrected chi connectivity index (χ1v) is 7.14. The summed E-state index contributed by atoms with van der Waals surface area (Å²) in [6, 6.07) is 7.59. The molecule has 8 heteroatoms. The Morgan fingerprint density at radius 3 is 2.67 bits per heavy atom. The number of esters is 1. The summed E-state index contributed by atoms with van der Waals surface area (Å²) in [6.45, 7) is 1.70. The maximum absolute atomic E-state index is 11.9. The van der Waals surface area contributed by atoms with Crippen LogP contribution in [0.25, 0.3) is 0 Å². The monoisotopic (exact) mass is 354 g/mol. The molecule has 0 fully saturated rings. The number of rotatable bonds is 5. The molecule has 0 aliphatic carbocycles. The Kier molecular flexibility index (Phi) is 4.79. The van der Waals surface area contributed by atoms with Crippen LogP contribution in [0.4, 0.5) is 0 Å². The number of nitrogen functional groups attached to an aromatic ring is 1. The van der Waals surface area contributed by atoms with Gasteiger partial charge in [0.05, 0.1) is 6.61 Å². The van der Waals surface area contributed by atoms with Crippen molar-refractivity contribution in [1.82, 2.24) is 14.5 Å². The third kappa shape index (κ3) is 3.72. The zero-order valence-electron chi connectivity index (χ0n) is 11.5. The molecule has 0 amide bonds. The molecule has 112 valence electrons. The number of benzene rings is 1. The molecule has 0 spiro atoms. The number of nitrogens with two attached hydrogens (primary N) is 1. The van der Waals surface area contributed by atoms with Crippen LogP contribution in [0.15, 0.2) is 33.5 Å². The molecule has 0 aliphatic rings. The molecular weight excluding hydrogens is 340 g/mol. The minimum absolute atomic E-state index is 0.246. The van der Waals surface area contributed by atoms with Crippen LogP contribution in [-0.2, 0) is 22.5 Å². The number of hydrogen-bond donors (Lipinski definition) is 1. The maximum Gasteiger partial charge on any atom is 0.365 e. The fourth-order valence-electron chi connectivity index (χ4n) is 1.80. The van der Waals surface area contributed by atoms with Crippen molar-refractivity contribution < 1.29 is 9.53 Å². The van der Waals surface area contributed by atoms with Gasteiger partial charge in [0.25, 0.3) is 0 Å². The SMILES string of the molecule is CCOC(=O)Cn1nc(Cc2ccc(Br)cc2)n(N)c1=O. The van der Waals surface area contributed by atoms with Crippen molar-refractivity contribution in [2.75, 3.05) is 12.4 Å². The van der Waals surface area contributed by atoms with Gasteiger partial charge in [-0.15, -0.1) is 0 Å². The number of aromatic nitrogens is 3. The van der Waals surface area contributed by atoms with Crippen molar-refractivity contribution in [3.63, 3.8) is 0 Å². The van der Waals surface area contributed by atoms with E-state index in [1.165, 1.54) is 0 Å². The standard InChI is InChI=1S/C13H15BrN4O3/c1-2-21-12(19)8-17-13(20)18(15)11(16-17)7-9-3-5-10(14)6-4-9/h3-6H,2,7-8,15H2,1H3. The van der Waals surface area contributed by atoms with Crippen molar-refractivity contribution in [3.05, 3.63) is 50.6 Å². The van der Waals surface area contributed by atoms with Gasteiger partial charge in [0.2, 0.25) is 0 Å². The van der Waals surface area contributed by atoms with Crippen molar-refractivity contribution in [2.24, 2.45) is 0 Å². The Bertz CT molecular complexity index is 690. The van der Waals surface area contributed by atoms with Gasteiger partial charge in [-0.1, -0.05) is 28.1 Å². The molecule has 1 aromatic carbocycles. The van der Waals surface area contributed by atoms with E-state index in [0.29, 0.717) is 12.2 Å². The topological polar surface area (TPSA) is 92.1 Å². The van der Waals surface area contributed by atoms with Crippen molar-refractivity contribution >= 4 is 21.9 Å². The van der Waals surface area contributed by atoms with E-state index >= 15 is 0 Å². The van der Waals surface area contributed by atoms with Gasteiger partial charge in [0.15, 0.2) is 5.82 Å². The van der Waals surface area contributed by atoms with Crippen LogP contribution in [0.5, 0.6) is 0 Å². The van der Waals surface area contributed by atoms with E-state index in [2.05, 4.69) is 21.0 Å². The zero-order valence-corrected chi connectivity index (χ0v) is 13.0. The predicted molar refractivity (Wildman–Crippen MR) is 80.2 cm³/mol. The highest BCUT2D eigenvalue weighted by Gasteiger charge is 2.14. The van der Waals surface area contributed by atoms with E-state index in [1.807, 2.05) is 24.3 Å². The average Bonchev–Trinajstić information content (AvgIpc) is 2.70.